The van der Waals surface area contributed by atoms with E-state index in [4.69, 9.17) is 17.2 Å². The number of primary amides is 1. The molecule has 0 aromatic rings. The van der Waals surface area contributed by atoms with Crippen molar-refractivity contribution in [3.05, 3.63) is 0 Å². The third-order valence-corrected chi connectivity index (χ3v) is 4.60. The molecule has 0 aromatic heterocycles. The molecule has 0 heterocycles. The van der Waals surface area contributed by atoms with E-state index in [1.54, 1.807) is 13.8 Å². The Hall–Kier alpha value is -2.73. The van der Waals surface area contributed by atoms with E-state index in [1.165, 1.54) is 6.92 Å². The van der Waals surface area contributed by atoms with E-state index in [9.17, 15) is 29.1 Å². The fourth-order valence-electron chi connectivity index (χ4n) is 2.65. The molecule has 12 nitrogen and oxygen atoms in total. The highest BCUT2D eigenvalue weighted by Crippen LogP contribution is 2.05. The van der Waals surface area contributed by atoms with Gasteiger partial charge in [-0.15, -0.1) is 0 Å². The van der Waals surface area contributed by atoms with Crippen molar-refractivity contribution in [3.63, 3.8) is 0 Å². The van der Waals surface area contributed by atoms with Gasteiger partial charge in [0.1, 0.15) is 18.1 Å². The summed E-state index contributed by atoms with van der Waals surface area (Å²) >= 11 is 0. The number of carboxylic acid groups (broad SMARTS) is 1. The minimum Gasteiger partial charge on any atom is -0.480 e. The zero-order valence-corrected chi connectivity index (χ0v) is 18.3. The topological polar surface area (TPSA) is 220 Å². The summed E-state index contributed by atoms with van der Waals surface area (Å²) in [4.78, 5) is 59.6. The van der Waals surface area contributed by atoms with Gasteiger partial charge in [0.2, 0.25) is 23.6 Å². The second-order valence-electron chi connectivity index (χ2n) is 7.76. The molecule has 0 aromatic carbocycles. The largest absolute Gasteiger partial charge is 0.480 e. The normalized spacial score (nSPS) is 14.8. The van der Waals surface area contributed by atoms with Crippen molar-refractivity contribution in [1.29, 1.82) is 0 Å². The zero-order chi connectivity index (χ0) is 24.1. The Morgan fingerprint density at radius 2 is 1.48 bits per heavy atom. The van der Waals surface area contributed by atoms with Gasteiger partial charge in [-0.2, -0.15) is 0 Å². The van der Waals surface area contributed by atoms with Gasteiger partial charge in [0.15, 0.2) is 0 Å². The summed E-state index contributed by atoms with van der Waals surface area (Å²) in [5.41, 5.74) is 16.3. The van der Waals surface area contributed by atoms with Crippen molar-refractivity contribution < 1.29 is 29.1 Å². The second kappa shape index (κ2) is 14.3. The summed E-state index contributed by atoms with van der Waals surface area (Å²) in [6, 6.07) is -4.21. The zero-order valence-electron chi connectivity index (χ0n) is 18.3. The number of nitrogens with one attached hydrogen (secondary N) is 3. The number of rotatable bonds is 15. The molecule has 4 amide bonds. The Morgan fingerprint density at radius 1 is 0.871 bits per heavy atom. The summed E-state index contributed by atoms with van der Waals surface area (Å²) in [6.45, 7) is 5.13. The van der Waals surface area contributed by atoms with Crippen LogP contribution in [0, 0.1) is 5.92 Å². The molecule has 12 heteroatoms. The van der Waals surface area contributed by atoms with Crippen molar-refractivity contribution in [2.24, 2.45) is 23.1 Å². The van der Waals surface area contributed by atoms with Crippen molar-refractivity contribution >= 4 is 29.6 Å². The number of carboxylic acids is 1. The molecule has 4 unspecified atom stereocenters. The smallest absolute Gasteiger partial charge is 0.326 e. The van der Waals surface area contributed by atoms with Crippen LogP contribution in [0.2, 0.25) is 0 Å². The maximum atomic E-state index is 12.6. The maximum Gasteiger partial charge on any atom is 0.326 e. The first kappa shape index (κ1) is 28.3. The van der Waals surface area contributed by atoms with Crippen molar-refractivity contribution in [1.82, 2.24) is 16.0 Å². The minimum absolute atomic E-state index is 0.128. The molecule has 31 heavy (non-hydrogen) atoms. The Morgan fingerprint density at radius 3 is 1.97 bits per heavy atom. The van der Waals surface area contributed by atoms with Gasteiger partial charge in [0.25, 0.3) is 0 Å². The second-order valence-corrected chi connectivity index (χ2v) is 7.76. The lowest BCUT2D eigenvalue weighted by atomic mass is 10.0. The maximum absolute atomic E-state index is 12.6. The van der Waals surface area contributed by atoms with Crippen LogP contribution in [0.15, 0.2) is 0 Å². The van der Waals surface area contributed by atoms with E-state index in [0.717, 1.165) is 6.42 Å². The molecule has 0 aliphatic heterocycles. The predicted molar refractivity (Wildman–Crippen MR) is 113 cm³/mol. The average molecular weight is 445 g/mol. The number of hydrogen-bond acceptors (Lipinski definition) is 7. The van der Waals surface area contributed by atoms with Gasteiger partial charge in [-0.05, 0) is 38.6 Å². The van der Waals surface area contributed by atoms with Crippen LogP contribution >= 0.6 is 0 Å². The monoisotopic (exact) mass is 444 g/mol. The predicted octanol–water partition coefficient (Wildman–Crippen LogP) is -2.08. The molecule has 0 fully saturated rings. The van der Waals surface area contributed by atoms with Crippen molar-refractivity contribution in [3.8, 4) is 0 Å². The van der Waals surface area contributed by atoms with Gasteiger partial charge in [0.05, 0.1) is 6.04 Å². The Bertz CT molecular complexity index is 641. The Kier molecular flexibility index (Phi) is 13.0. The van der Waals surface area contributed by atoms with E-state index in [-0.39, 0.29) is 12.8 Å². The van der Waals surface area contributed by atoms with E-state index in [0.29, 0.717) is 19.4 Å². The van der Waals surface area contributed by atoms with Crippen molar-refractivity contribution in [2.45, 2.75) is 77.0 Å². The van der Waals surface area contributed by atoms with Crippen LogP contribution in [0.1, 0.15) is 52.9 Å². The molecule has 0 rings (SSSR count). The lowest BCUT2D eigenvalue weighted by molar-refractivity contribution is -0.143. The van der Waals surface area contributed by atoms with Gasteiger partial charge in [-0.1, -0.05) is 20.3 Å². The quantitative estimate of drug-likeness (QED) is 0.139. The summed E-state index contributed by atoms with van der Waals surface area (Å²) in [5, 5.41) is 16.5. The van der Waals surface area contributed by atoms with Gasteiger partial charge in [-0.3, -0.25) is 19.2 Å². The fourth-order valence-corrected chi connectivity index (χ4v) is 2.65. The molecule has 0 saturated carbocycles. The van der Waals surface area contributed by atoms with Crippen LogP contribution in [-0.2, 0) is 24.0 Å². The summed E-state index contributed by atoms with van der Waals surface area (Å²) in [6.07, 6.45) is 1.47. The van der Waals surface area contributed by atoms with E-state index in [1.807, 2.05) is 0 Å². The average Bonchev–Trinajstić information content (AvgIpc) is 2.67. The molecule has 0 radical (unpaired) electrons. The van der Waals surface area contributed by atoms with E-state index in [2.05, 4.69) is 16.0 Å². The molecular formula is C19H36N6O6. The molecule has 10 N–H and O–H groups in total. The number of hydrogen-bond donors (Lipinski definition) is 7. The SMILES string of the molecule is CC(NC(=O)C(N)CCCCN)C(=O)NC(CCC(N)=O)C(=O)NC(C(=O)O)C(C)C. The molecule has 0 saturated heterocycles. The van der Waals surface area contributed by atoms with Gasteiger partial charge in [0, 0.05) is 6.42 Å². The molecule has 0 spiro atoms. The lowest BCUT2D eigenvalue weighted by Crippen LogP contribution is -2.57. The van der Waals surface area contributed by atoms with Crippen LogP contribution < -0.4 is 33.2 Å². The first-order chi connectivity index (χ1) is 14.4. The Balaban J connectivity index is 5.06. The standard InChI is InChI=1S/C19H36N6O6/c1-10(2)15(19(30)31)25-18(29)13(7-8-14(22)26)24-16(27)11(3)23-17(28)12(21)6-4-5-9-20/h10-13,15H,4-9,20-21H2,1-3H3,(H2,22,26)(H,23,28)(H,24,27)(H,25,29)(H,30,31). The van der Waals surface area contributed by atoms with Crippen molar-refractivity contribution in [2.75, 3.05) is 6.54 Å². The van der Waals surface area contributed by atoms with Gasteiger partial charge < -0.3 is 38.3 Å². The number of aliphatic carboxylic acids is 1. The minimum atomic E-state index is -1.23. The highest BCUT2D eigenvalue weighted by Gasteiger charge is 2.30. The number of amides is 4. The number of unbranched alkanes of at least 4 members (excludes halogenated alkanes) is 1. The molecule has 4 atom stereocenters. The molecule has 0 aliphatic carbocycles. The molecular weight excluding hydrogens is 408 g/mol. The third-order valence-electron chi connectivity index (χ3n) is 4.60. The van der Waals surface area contributed by atoms with E-state index >= 15 is 0 Å². The highest BCUT2D eigenvalue weighted by atomic mass is 16.4. The van der Waals surface area contributed by atoms with Gasteiger partial charge in [-0.25, -0.2) is 4.79 Å². The van der Waals surface area contributed by atoms with Crippen LogP contribution in [0.5, 0.6) is 0 Å². The summed E-state index contributed by atoms with van der Waals surface area (Å²) in [7, 11) is 0. The third kappa shape index (κ3) is 11.3. The first-order valence-corrected chi connectivity index (χ1v) is 10.3. The fraction of sp³-hybridized carbons (Fsp3) is 0.737. The van der Waals surface area contributed by atoms with E-state index < -0.39 is 59.7 Å². The van der Waals surface area contributed by atoms with Gasteiger partial charge >= 0.3 is 5.97 Å². The van der Waals surface area contributed by atoms with Crippen LogP contribution in [0.4, 0.5) is 0 Å². The first-order valence-electron chi connectivity index (χ1n) is 10.3. The molecule has 0 aliphatic rings. The molecule has 178 valence electrons. The molecule has 0 bridgehead atoms. The van der Waals surface area contributed by atoms with Crippen LogP contribution in [-0.4, -0.2) is 65.4 Å². The van der Waals surface area contributed by atoms with Crippen LogP contribution in [0.25, 0.3) is 0 Å². The van der Waals surface area contributed by atoms with Crippen LogP contribution in [0.3, 0.4) is 0 Å². The summed E-state index contributed by atoms with van der Waals surface area (Å²) < 4.78 is 0. The summed E-state index contributed by atoms with van der Waals surface area (Å²) in [5.74, 6) is -4.31. The number of carbonyl (C=O) groups excluding carboxylic acids is 4. The Labute approximate surface area is 182 Å². The lowest BCUT2D eigenvalue weighted by Gasteiger charge is -2.24. The number of carbonyl (C=O) groups is 5. The highest BCUT2D eigenvalue weighted by molar-refractivity contribution is 5.94. The number of nitrogens with two attached hydrogens (primary N) is 3.